The number of nitrogens with zero attached hydrogens (tertiary/aromatic N) is 4. The number of carbonyl (C=O) groups excluding carboxylic acids is 1. The van der Waals surface area contributed by atoms with E-state index >= 15 is 0 Å². The molecule has 5 rings (SSSR count). The lowest BCUT2D eigenvalue weighted by Crippen LogP contribution is -2.33. The molecule has 3 aromatic rings. The molecule has 2 fully saturated rings. The van der Waals surface area contributed by atoms with E-state index in [0.29, 0.717) is 41.3 Å². The Labute approximate surface area is 235 Å². The summed E-state index contributed by atoms with van der Waals surface area (Å²) in [7, 11) is 3.48. The molecule has 0 saturated heterocycles. The number of imidazole rings is 1. The number of rotatable bonds is 8. The summed E-state index contributed by atoms with van der Waals surface area (Å²) in [5.41, 5.74) is -0.504. The van der Waals surface area contributed by atoms with E-state index in [0.717, 1.165) is 19.8 Å². The minimum atomic E-state index is -2.85. The largest absolute Gasteiger partial charge is 0.384 e. The van der Waals surface area contributed by atoms with Crippen LogP contribution in [0.2, 0.25) is 5.02 Å². The van der Waals surface area contributed by atoms with Crippen molar-refractivity contribution in [3.05, 3.63) is 64.2 Å². The lowest BCUT2D eigenvalue weighted by Gasteiger charge is -2.25. The smallest absolute Gasteiger partial charge is 0.274 e. The normalized spacial score (nSPS) is 25.8. The second kappa shape index (κ2) is 10.5. The van der Waals surface area contributed by atoms with Crippen LogP contribution in [-0.4, -0.2) is 47.5 Å². The highest BCUT2D eigenvalue weighted by Crippen LogP contribution is 2.56. The number of aliphatic hydroxyl groups is 2. The van der Waals surface area contributed by atoms with Crippen LogP contribution in [0.5, 0.6) is 0 Å². The van der Waals surface area contributed by atoms with Crippen molar-refractivity contribution < 1.29 is 28.2 Å². The second-order valence-electron chi connectivity index (χ2n) is 11.6. The SMILES string of the molecule is Cn1cnc(C2CC3CC(O)(c4cc(CCC(C)(O)C(F)F)nn4C)CC3C2)c1C(=O)Nc1ccc(F)c(Cl)c1. The van der Waals surface area contributed by atoms with Crippen molar-refractivity contribution in [3.63, 3.8) is 0 Å². The Hall–Kier alpha value is -2.89. The van der Waals surface area contributed by atoms with Crippen molar-refractivity contribution in [1.82, 2.24) is 19.3 Å². The van der Waals surface area contributed by atoms with Gasteiger partial charge in [0.2, 0.25) is 0 Å². The second-order valence-corrected chi connectivity index (χ2v) is 12.0. The number of alkyl halides is 2. The molecule has 0 spiro atoms. The minimum absolute atomic E-state index is 0.0389. The number of hydrogen-bond acceptors (Lipinski definition) is 5. The molecule has 3 N–H and O–H groups in total. The van der Waals surface area contributed by atoms with Gasteiger partial charge < -0.3 is 20.1 Å². The molecule has 40 heavy (non-hydrogen) atoms. The molecule has 2 aliphatic carbocycles. The molecule has 2 aliphatic rings. The van der Waals surface area contributed by atoms with Gasteiger partial charge in [-0.1, -0.05) is 11.6 Å². The van der Waals surface area contributed by atoms with Gasteiger partial charge in [0, 0.05) is 25.7 Å². The fraction of sp³-hybridized carbons (Fsp3) is 0.536. The molecule has 216 valence electrons. The molecule has 8 nitrogen and oxygen atoms in total. The van der Waals surface area contributed by atoms with Gasteiger partial charge >= 0.3 is 0 Å². The van der Waals surface area contributed by atoms with Crippen molar-refractivity contribution in [2.45, 2.75) is 69.0 Å². The average Bonchev–Trinajstić information content (AvgIpc) is 3.62. The highest BCUT2D eigenvalue weighted by molar-refractivity contribution is 6.31. The molecular weight excluding hydrogens is 547 g/mol. The first-order valence-electron chi connectivity index (χ1n) is 13.3. The summed E-state index contributed by atoms with van der Waals surface area (Å²) < 4.78 is 42.9. The zero-order valence-corrected chi connectivity index (χ0v) is 23.3. The van der Waals surface area contributed by atoms with Gasteiger partial charge in [-0.05, 0) is 81.5 Å². The number of carbonyl (C=O) groups is 1. The van der Waals surface area contributed by atoms with Crippen molar-refractivity contribution in [3.8, 4) is 0 Å². The molecule has 3 unspecified atom stereocenters. The Balaban J connectivity index is 1.27. The van der Waals surface area contributed by atoms with Gasteiger partial charge in [-0.2, -0.15) is 5.10 Å². The van der Waals surface area contributed by atoms with E-state index in [4.69, 9.17) is 11.6 Å². The number of halogens is 4. The number of fused-ring (bicyclic) bond motifs is 1. The van der Waals surface area contributed by atoms with Crippen LogP contribution in [0, 0.1) is 17.7 Å². The Kier molecular flexibility index (Phi) is 7.52. The number of aryl methyl sites for hydroxylation is 3. The van der Waals surface area contributed by atoms with Gasteiger partial charge in [0.05, 0.1) is 28.4 Å². The zero-order chi connectivity index (χ0) is 29.0. The number of anilines is 1. The lowest BCUT2D eigenvalue weighted by molar-refractivity contribution is -0.0875. The molecule has 0 bridgehead atoms. The number of benzene rings is 1. The van der Waals surface area contributed by atoms with Gasteiger partial charge in [-0.3, -0.25) is 9.48 Å². The Morgan fingerprint density at radius 3 is 2.55 bits per heavy atom. The highest BCUT2D eigenvalue weighted by Gasteiger charge is 2.51. The third-order valence-corrected chi connectivity index (χ3v) is 8.84. The lowest BCUT2D eigenvalue weighted by atomic mass is 9.89. The molecular formula is C28H33ClF3N5O3. The van der Waals surface area contributed by atoms with E-state index in [-0.39, 0.29) is 41.5 Å². The number of hydrogen-bond donors (Lipinski definition) is 3. The van der Waals surface area contributed by atoms with Crippen LogP contribution in [0.3, 0.4) is 0 Å². The quantitative estimate of drug-likeness (QED) is 0.351. The molecule has 0 aliphatic heterocycles. The molecule has 2 heterocycles. The van der Waals surface area contributed by atoms with E-state index in [1.807, 2.05) is 0 Å². The summed E-state index contributed by atoms with van der Waals surface area (Å²) in [6.45, 7) is 1.11. The van der Waals surface area contributed by atoms with E-state index in [1.54, 1.807) is 35.7 Å². The summed E-state index contributed by atoms with van der Waals surface area (Å²) in [6, 6.07) is 5.75. The van der Waals surface area contributed by atoms with E-state index in [1.165, 1.54) is 18.2 Å². The van der Waals surface area contributed by atoms with Crippen LogP contribution in [0.25, 0.3) is 0 Å². The maximum atomic E-state index is 13.5. The highest BCUT2D eigenvalue weighted by atomic mass is 35.5. The molecule has 3 atom stereocenters. The van der Waals surface area contributed by atoms with Gasteiger partial charge in [0.15, 0.2) is 0 Å². The maximum absolute atomic E-state index is 13.5. The van der Waals surface area contributed by atoms with Crippen LogP contribution in [0.15, 0.2) is 30.6 Å². The van der Waals surface area contributed by atoms with Gasteiger partial charge in [0.25, 0.3) is 12.3 Å². The zero-order valence-electron chi connectivity index (χ0n) is 22.5. The number of aromatic nitrogens is 4. The Morgan fingerprint density at radius 2 is 1.93 bits per heavy atom. The van der Waals surface area contributed by atoms with E-state index in [2.05, 4.69) is 15.4 Å². The number of amides is 1. The van der Waals surface area contributed by atoms with Crippen LogP contribution in [0.1, 0.15) is 72.5 Å². The predicted octanol–water partition coefficient (Wildman–Crippen LogP) is 4.94. The maximum Gasteiger partial charge on any atom is 0.274 e. The molecule has 1 amide bonds. The van der Waals surface area contributed by atoms with Crippen LogP contribution < -0.4 is 5.32 Å². The fourth-order valence-corrected chi connectivity index (χ4v) is 6.64. The van der Waals surface area contributed by atoms with Crippen molar-refractivity contribution in [2.75, 3.05) is 5.32 Å². The predicted molar refractivity (Wildman–Crippen MR) is 143 cm³/mol. The molecule has 2 aromatic heterocycles. The Bertz CT molecular complexity index is 1410. The van der Waals surface area contributed by atoms with Crippen LogP contribution >= 0.6 is 11.6 Å². The summed E-state index contributed by atoms with van der Waals surface area (Å²) in [5.74, 6) is -0.472. The third kappa shape index (κ3) is 5.38. The molecule has 1 aromatic carbocycles. The first-order chi connectivity index (χ1) is 18.8. The monoisotopic (exact) mass is 579 g/mol. The van der Waals surface area contributed by atoms with Crippen LogP contribution in [0.4, 0.5) is 18.9 Å². The summed E-state index contributed by atoms with van der Waals surface area (Å²) in [5, 5.41) is 28.6. The van der Waals surface area contributed by atoms with Gasteiger partial charge in [-0.25, -0.2) is 18.2 Å². The third-order valence-electron chi connectivity index (χ3n) is 8.55. The summed E-state index contributed by atoms with van der Waals surface area (Å²) in [4.78, 5) is 17.7. The van der Waals surface area contributed by atoms with Crippen molar-refractivity contribution in [1.29, 1.82) is 0 Å². The van der Waals surface area contributed by atoms with Gasteiger partial charge in [0.1, 0.15) is 22.7 Å². The number of nitrogens with one attached hydrogen (secondary N) is 1. The summed E-state index contributed by atoms with van der Waals surface area (Å²) >= 11 is 5.86. The fourth-order valence-electron chi connectivity index (χ4n) is 6.46. The van der Waals surface area contributed by atoms with E-state index in [9.17, 15) is 28.2 Å². The van der Waals surface area contributed by atoms with Gasteiger partial charge in [-0.15, -0.1) is 0 Å². The summed E-state index contributed by atoms with van der Waals surface area (Å²) in [6.07, 6.45) is 1.34. The van der Waals surface area contributed by atoms with Crippen molar-refractivity contribution in [2.24, 2.45) is 25.9 Å². The average molecular weight is 580 g/mol. The standard InChI is InChI=1S/C28H33ClF3N5O3/c1-27(39,26(31)32)7-6-19-11-22(37(3)35-19)28(40)12-16-8-15(9-17(16)13-28)23-24(36(2)14-33-23)25(38)34-18-4-5-21(30)20(29)10-18/h4-5,10-11,14-17,26,39-40H,6-9,12-13H2,1-3H3,(H,34,38). The van der Waals surface area contributed by atoms with E-state index < -0.39 is 23.4 Å². The van der Waals surface area contributed by atoms with Crippen molar-refractivity contribution >= 4 is 23.2 Å². The first-order valence-corrected chi connectivity index (χ1v) is 13.7. The molecule has 2 saturated carbocycles. The minimum Gasteiger partial charge on any atom is -0.384 e. The molecule has 0 radical (unpaired) electrons. The Morgan fingerprint density at radius 1 is 1.25 bits per heavy atom. The molecule has 12 heteroatoms. The first kappa shape index (κ1) is 28.6. The topological polar surface area (TPSA) is 105 Å². The van der Waals surface area contributed by atoms with Crippen LogP contribution in [-0.2, 0) is 26.1 Å².